The van der Waals surface area contributed by atoms with Crippen molar-refractivity contribution in [3.8, 4) is 11.5 Å². The fraction of sp³-hybridized carbons (Fsp3) is 0. The van der Waals surface area contributed by atoms with E-state index in [-0.39, 0.29) is 5.69 Å². The number of nitrogens with two attached hydrogens (primary N) is 1. The number of primary amides is 1. The van der Waals surface area contributed by atoms with Crippen molar-refractivity contribution in [1.82, 2.24) is 5.16 Å². The number of amides is 1. The lowest BCUT2D eigenvalue weighted by Crippen LogP contribution is -2.10. The number of rotatable bonds is 2. The van der Waals surface area contributed by atoms with Crippen LogP contribution in [0.3, 0.4) is 0 Å². The Morgan fingerprint density at radius 3 is 2.85 bits per heavy atom. The summed E-state index contributed by atoms with van der Waals surface area (Å²) >= 11 is 0. The molecular formula is C8H6N2O3. The molecule has 0 aliphatic rings. The van der Waals surface area contributed by atoms with Crippen molar-refractivity contribution in [3.63, 3.8) is 0 Å². The third kappa shape index (κ3) is 1.31. The maximum absolute atomic E-state index is 10.7. The highest BCUT2D eigenvalue weighted by molar-refractivity contribution is 5.91. The second kappa shape index (κ2) is 2.78. The van der Waals surface area contributed by atoms with Gasteiger partial charge in [-0.3, -0.25) is 4.79 Å². The van der Waals surface area contributed by atoms with E-state index < -0.39 is 5.91 Å². The largest absolute Gasteiger partial charge is 0.461 e. The van der Waals surface area contributed by atoms with Gasteiger partial charge in [0.1, 0.15) is 0 Å². The number of hydrogen-bond acceptors (Lipinski definition) is 4. The number of aromatic nitrogens is 1. The van der Waals surface area contributed by atoms with Crippen molar-refractivity contribution in [2.75, 3.05) is 0 Å². The van der Waals surface area contributed by atoms with E-state index in [0.29, 0.717) is 11.5 Å². The van der Waals surface area contributed by atoms with Gasteiger partial charge in [0.15, 0.2) is 11.5 Å². The Morgan fingerprint density at radius 2 is 2.31 bits per heavy atom. The quantitative estimate of drug-likeness (QED) is 0.744. The summed E-state index contributed by atoms with van der Waals surface area (Å²) in [6.07, 6.45) is 1.50. The first-order chi connectivity index (χ1) is 6.27. The SMILES string of the molecule is NC(=O)c1cc(-c2ccco2)on1. The number of nitrogens with zero attached hydrogens (tertiary/aromatic N) is 1. The highest BCUT2D eigenvalue weighted by Gasteiger charge is 2.11. The van der Waals surface area contributed by atoms with Crippen LogP contribution in [0.2, 0.25) is 0 Å². The van der Waals surface area contributed by atoms with E-state index in [1.165, 1.54) is 12.3 Å². The molecule has 13 heavy (non-hydrogen) atoms. The van der Waals surface area contributed by atoms with E-state index in [9.17, 15) is 4.79 Å². The van der Waals surface area contributed by atoms with Gasteiger partial charge in [-0.2, -0.15) is 0 Å². The monoisotopic (exact) mass is 178 g/mol. The van der Waals surface area contributed by atoms with Crippen LogP contribution < -0.4 is 5.73 Å². The first kappa shape index (κ1) is 7.60. The molecule has 0 saturated heterocycles. The second-order valence-electron chi connectivity index (χ2n) is 2.42. The smallest absolute Gasteiger partial charge is 0.270 e. The van der Waals surface area contributed by atoms with Crippen molar-refractivity contribution < 1.29 is 13.7 Å². The number of carbonyl (C=O) groups is 1. The van der Waals surface area contributed by atoms with E-state index >= 15 is 0 Å². The van der Waals surface area contributed by atoms with Crippen LogP contribution in [0.4, 0.5) is 0 Å². The molecule has 2 aromatic heterocycles. The molecule has 2 rings (SSSR count). The van der Waals surface area contributed by atoms with Gasteiger partial charge in [-0.05, 0) is 12.1 Å². The van der Waals surface area contributed by atoms with Crippen LogP contribution in [-0.4, -0.2) is 11.1 Å². The Bertz CT molecular complexity index is 416. The molecule has 5 heteroatoms. The summed E-state index contributed by atoms with van der Waals surface area (Å²) < 4.78 is 9.85. The zero-order valence-corrected chi connectivity index (χ0v) is 6.56. The van der Waals surface area contributed by atoms with Gasteiger partial charge in [-0.1, -0.05) is 5.16 Å². The summed E-state index contributed by atoms with van der Waals surface area (Å²) in [5.74, 6) is 0.278. The third-order valence-corrected chi connectivity index (χ3v) is 1.53. The molecule has 5 nitrogen and oxygen atoms in total. The molecule has 0 saturated carbocycles. The first-order valence-electron chi connectivity index (χ1n) is 3.58. The summed E-state index contributed by atoms with van der Waals surface area (Å²) in [6, 6.07) is 4.84. The van der Waals surface area contributed by atoms with Crippen LogP contribution in [0, 0.1) is 0 Å². The predicted octanol–water partition coefficient (Wildman–Crippen LogP) is 1.03. The Hall–Kier alpha value is -2.04. The molecule has 0 aliphatic carbocycles. The van der Waals surface area contributed by atoms with Crippen LogP contribution in [0.25, 0.3) is 11.5 Å². The lowest BCUT2D eigenvalue weighted by Gasteiger charge is -1.83. The molecular weight excluding hydrogens is 172 g/mol. The third-order valence-electron chi connectivity index (χ3n) is 1.53. The molecule has 0 bridgehead atoms. The van der Waals surface area contributed by atoms with Gasteiger partial charge in [-0.25, -0.2) is 0 Å². The van der Waals surface area contributed by atoms with E-state index in [1.54, 1.807) is 12.1 Å². The first-order valence-corrected chi connectivity index (χ1v) is 3.58. The minimum Gasteiger partial charge on any atom is -0.461 e. The topological polar surface area (TPSA) is 82.3 Å². The van der Waals surface area contributed by atoms with Gasteiger partial charge < -0.3 is 14.7 Å². The summed E-state index contributed by atoms with van der Waals surface area (Å²) in [4.78, 5) is 10.7. The summed E-state index contributed by atoms with van der Waals surface area (Å²) in [5.41, 5.74) is 5.08. The fourth-order valence-corrected chi connectivity index (χ4v) is 0.926. The van der Waals surface area contributed by atoms with Gasteiger partial charge in [0.25, 0.3) is 5.91 Å². The molecule has 0 atom stereocenters. The molecule has 2 heterocycles. The molecule has 66 valence electrons. The van der Waals surface area contributed by atoms with Crippen LogP contribution in [0.15, 0.2) is 33.4 Å². The molecule has 0 spiro atoms. The van der Waals surface area contributed by atoms with Crippen molar-refractivity contribution in [2.24, 2.45) is 5.73 Å². The second-order valence-corrected chi connectivity index (χ2v) is 2.42. The van der Waals surface area contributed by atoms with Crippen LogP contribution in [0.5, 0.6) is 0 Å². The molecule has 2 N–H and O–H groups in total. The Balaban J connectivity index is 2.39. The van der Waals surface area contributed by atoms with Gasteiger partial charge in [0, 0.05) is 6.07 Å². The summed E-state index contributed by atoms with van der Waals surface area (Å²) in [6.45, 7) is 0. The van der Waals surface area contributed by atoms with Gasteiger partial charge in [-0.15, -0.1) is 0 Å². The van der Waals surface area contributed by atoms with Gasteiger partial charge in [0.2, 0.25) is 5.76 Å². The minimum absolute atomic E-state index is 0.0893. The van der Waals surface area contributed by atoms with Gasteiger partial charge >= 0.3 is 0 Å². The standard InChI is InChI=1S/C8H6N2O3/c9-8(11)5-4-7(13-10-5)6-2-1-3-12-6/h1-4H,(H2,9,11). The lowest BCUT2D eigenvalue weighted by atomic mass is 10.3. The van der Waals surface area contributed by atoms with Crippen molar-refractivity contribution in [1.29, 1.82) is 0 Å². The summed E-state index contributed by atoms with van der Waals surface area (Å²) in [7, 11) is 0. The normalized spacial score (nSPS) is 10.2. The highest BCUT2D eigenvalue weighted by Crippen LogP contribution is 2.19. The molecule has 0 fully saturated rings. The predicted molar refractivity (Wildman–Crippen MR) is 42.7 cm³/mol. The van der Waals surface area contributed by atoms with E-state index in [1.807, 2.05) is 0 Å². The molecule has 0 unspecified atom stereocenters. The van der Waals surface area contributed by atoms with E-state index in [2.05, 4.69) is 5.16 Å². The molecule has 1 amide bonds. The Morgan fingerprint density at radius 1 is 1.46 bits per heavy atom. The van der Waals surface area contributed by atoms with Gasteiger partial charge in [0.05, 0.1) is 6.26 Å². The minimum atomic E-state index is -0.624. The lowest BCUT2D eigenvalue weighted by molar-refractivity contribution is 0.0991. The highest BCUT2D eigenvalue weighted by atomic mass is 16.5. The van der Waals surface area contributed by atoms with E-state index in [0.717, 1.165) is 0 Å². The average molecular weight is 178 g/mol. The van der Waals surface area contributed by atoms with Crippen molar-refractivity contribution >= 4 is 5.91 Å². The number of carbonyl (C=O) groups excluding carboxylic acids is 1. The number of furan rings is 1. The van der Waals surface area contributed by atoms with Crippen molar-refractivity contribution in [2.45, 2.75) is 0 Å². The van der Waals surface area contributed by atoms with Crippen LogP contribution >= 0.6 is 0 Å². The van der Waals surface area contributed by atoms with E-state index in [4.69, 9.17) is 14.7 Å². The zero-order chi connectivity index (χ0) is 9.26. The molecule has 0 aromatic carbocycles. The maximum atomic E-state index is 10.7. The van der Waals surface area contributed by atoms with Crippen molar-refractivity contribution in [3.05, 3.63) is 30.2 Å². The fourth-order valence-electron chi connectivity index (χ4n) is 0.926. The summed E-state index contributed by atoms with van der Waals surface area (Å²) in [5, 5.41) is 3.46. The number of hydrogen-bond donors (Lipinski definition) is 1. The Labute approximate surface area is 73.1 Å². The maximum Gasteiger partial charge on any atom is 0.270 e. The average Bonchev–Trinajstić information content (AvgIpc) is 2.75. The molecule has 2 aromatic rings. The Kier molecular flexibility index (Phi) is 1.63. The van der Waals surface area contributed by atoms with Crippen LogP contribution in [0.1, 0.15) is 10.5 Å². The van der Waals surface area contributed by atoms with Crippen LogP contribution in [-0.2, 0) is 0 Å². The molecule has 0 aliphatic heterocycles. The zero-order valence-electron chi connectivity index (χ0n) is 6.56. The molecule has 0 radical (unpaired) electrons.